The van der Waals surface area contributed by atoms with E-state index in [4.69, 9.17) is 20.5 Å². The Morgan fingerprint density at radius 1 is 1.53 bits per heavy atom. The van der Waals surface area contributed by atoms with Gasteiger partial charge in [-0.1, -0.05) is 5.16 Å². The quantitative estimate of drug-likeness (QED) is 0.802. The van der Waals surface area contributed by atoms with Crippen molar-refractivity contribution in [2.45, 2.75) is 13.3 Å². The van der Waals surface area contributed by atoms with Crippen LogP contribution in [0.2, 0.25) is 5.22 Å². The Balaban J connectivity index is 2.23. The largest absolute Gasteiger partial charge is 0.441 e. The fraction of sp³-hybridized carbons (Fsp3) is 0.222. The molecule has 0 N–H and O–H groups in total. The minimum Gasteiger partial charge on any atom is -0.441 e. The Bertz CT molecular complexity index is 489. The van der Waals surface area contributed by atoms with E-state index in [9.17, 15) is 4.79 Å². The zero-order valence-electron chi connectivity index (χ0n) is 7.86. The third-order valence-corrected chi connectivity index (χ3v) is 1.86. The van der Waals surface area contributed by atoms with Crippen LogP contribution >= 0.6 is 11.6 Å². The molecular formula is C9H7ClN2O3. The van der Waals surface area contributed by atoms with E-state index >= 15 is 0 Å². The first-order valence-electron chi connectivity index (χ1n) is 4.23. The van der Waals surface area contributed by atoms with Gasteiger partial charge in [0.15, 0.2) is 11.0 Å². The Kier molecular flexibility index (Phi) is 2.55. The third kappa shape index (κ3) is 2.24. The molecule has 0 aliphatic carbocycles. The highest BCUT2D eigenvalue weighted by Crippen LogP contribution is 2.21. The van der Waals surface area contributed by atoms with Crippen molar-refractivity contribution in [3.05, 3.63) is 23.2 Å². The molecule has 0 saturated heterocycles. The molecule has 0 aromatic carbocycles. The predicted octanol–water partition coefficient (Wildman–Crippen LogP) is 2.11. The Labute approximate surface area is 90.0 Å². The SMILES string of the molecule is CC(=O)Cc1nc(-c2ccc(Cl)o2)no1. The van der Waals surface area contributed by atoms with Crippen LogP contribution in [0.25, 0.3) is 11.6 Å². The minimum absolute atomic E-state index is 0.0392. The molecule has 2 heterocycles. The standard InChI is InChI=1S/C9H7ClN2O3/c1-5(13)4-8-11-9(12-15-8)6-2-3-7(10)14-6/h2-3H,4H2,1H3. The van der Waals surface area contributed by atoms with E-state index < -0.39 is 0 Å². The number of furan rings is 1. The highest BCUT2D eigenvalue weighted by molar-refractivity contribution is 6.28. The molecule has 0 aliphatic rings. The fourth-order valence-electron chi connectivity index (χ4n) is 1.07. The van der Waals surface area contributed by atoms with Gasteiger partial charge in [-0.3, -0.25) is 4.79 Å². The van der Waals surface area contributed by atoms with E-state index in [1.165, 1.54) is 6.92 Å². The summed E-state index contributed by atoms with van der Waals surface area (Å²) < 4.78 is 9.94. The molecule has 15 heavy (non-hydrogen) atoms. The summed E-state index contributed by atoms with van der Waals surface area (Å²) in [7, 11) is 0. The van der Waals surface area contributed by atoms with E-state index in [0.717, 1.165) is 0 Å². The van der Waals surface area contributed by atoms with E-state index in [1.54, 1.807) is 12.1 Å². The maximum absolute atomic E-state index is 10.8. The van der Waals surface area contributed by atoms with Gasteiger partial charge in [0.2, 0.25) is 11.7 Å². The number of ketones is 1. The van der Waals surface area contributed by atoms with Crippen LogP contribution in [0.4, 0.5) is 0 Å². The molecule has 2 aromatic heterocycles. The molecule has 0 fully saturated rings. The van der Waals surface area contributed by atoms with Crippen molar-refractivity contribution in [1.29, 1.82) is 0 Å². The van der Waals surface area contributed by atoms with Crippen LogP contribution in [0.3, 0.4) is 0 Å². The average molecular weight is 227 g/mol. The Morgan fingerprint density at radius 3 is 2.93 bits per heavy atom. The van der Waals surface area contributed by atoms with E-state index in [2.05, 4.69) is 10.1 Å². The average Bonchev–Trinajstić information content (AvgIpc) is 2.72. The molecular weight excluding hydrogens is 220 g/mol. The van der Waals surface area contributed by atoms with Crippen LogP contribution < -0.4 is 0 Å². The fourth-order valence-corrected chi connectivity index (χ4v) is 1.22. The topological polar surface area (TPSA) is 69.1 Å². The molecule has 0 bridgehead atoms. The van der Waals surface area contributed by atoms with Crippen molar-refractivity contribution in [2.75, 3.05) is 0 Å². The van der Waals surface area contributed by atoms with E-state index in [1.807, 2.05) is 0 Å². The monoisotopic (exact) mass is 226 g/mol. The maximum atomic E-state index is 10.8. The number of hydrogen-bond donors (Lipinski definition) is 0. The first kappa shape index (κ1) is 9.92. The zero-order chi connectivity index (χ0) is 10.8. The smallest absolute Gasteiger partial charge is 0.238 e. The van der Waals surface area contributed by atoms with Crippen LogP contribution in [0.5, 0.6) is 0 Å². The molecule has 0 unspecified atom stereocenters. The van der Waals surface area contributed by atoms with Crippen molar-refractivity contribution < 1.29 is 13.7 Å². The van der Waals surface area contributed by atoms with Gasteiger partial charge in [0.1, 0.15) is 5.78 Å². The third-order valence-electron chi connectivity index (χ3n) is 1.66. The lowest BCUT2D eigenvalue weighted by molar-refractivity contribution is -0.116. The van der Waals surface area contributed by atoms with E-state index in [-0.39, 0.29) is 29.1 Å². The van der Waals surface area contributed by atoms with Gasteiger partial charge in [0.25, 0.3) is 0 Å². The summed E-state index contributed by atoms with van der Waals surface area (Å²) in [4.78, 5) is 14.8. The predicted molar refractivity (Wildman–Crippen MR) is 51.4 cm³/mol. The van der Waals surface area contributed by atoms with Gasteiger partial charge >= 0.3 is 0 Å². The molecule has 0 radical (unpaired) electrons. The van der Waals surface area contributed by atoms with Crippen molar-refractivity contribution >= 4 is 17.4 Å². The number of rotatable bonds is 3. The van der Waals surface area contributed by atoms with Crippen LogP contribution in [0.1, 0.15) is 12.8 Å². The van der Waals surface area contributed by atoms with Crippen LogP contribution in [-0.4, -0.2) is 15.9 Å². The van der Waals surface area contributed by atoms with Crippen molar-refractivity contribution in [2.24, 2.45) is 0 Å². The van der Waals surface area contributed by atoms with Gasteiger partial charge in [-0.25, -0.2) is 0 Å². The number of halogens is 1. The van der Waals surface area contributed by atoms with Gasteiger partial charge < -0.3 is 8.94 Å². The molecule has 0 atom stereocenters. The lowest BCUT2D eigenvalue weighted by atomic mass is 10.3. The number of carbonyl (C=O) groups excluding carboxylic acids is 1. The van der Waals surface area contributed by atoms with Gasteiger partial charge in [-0.05, 0) is 30.7 Å². The summed E-state index contributed by atoms with van der Waals surface area (Å²) in [5.41, 5.74) is 0. The summed E-state index contributed by atoms with van der Waals surface area (Å²) in [5, 5.41) is 3.91. The maximum Gasteiger partial charge on any atom is 0.238 e. The van der Waals surface area contributed by atoms with Gasteiger partial charge in [0, 0.05) is 0 Å². The van der Waals surface area contributed by atoms with Gasteiger partial charge in [0.05, 0.1) is 6.42 Å². The zero-order valence-corrected chi connectivity index (χ0v) is 8.61. The first-order chi connectivity index (χ1) is 7.15. The van der Waals surface area contributed by atoms with Crippen LogP contribution in [0, 0.1) is 0 Å². The molecule has 2 aromatic rings. The summed E-state index contributed by atoms with van der Waals surface area (Å²) >= 11 is 5.59. The number of nitrogens with zero attached hydrogens (tertiary/aromatic N) is 2. The summed E-state index contributed by atoms with van der Waals surface area (Å²) in [5.74, 6) is 0.935. The second kappa shape index (κ2) is 3.86. The molecule has 0 spiro atoms. The Hall–Kier alpha value is -1.62. The minimum atomic E-state index is -0.0392. The Morgan fingerprint density at radius 2 is 2.33 bits per heavy atom. The van der Waals surface area contributed by atoms with Crippen molar-refractivity contribution in [1.82, 2.24) is 10.1 Å². The summed E-state index contributed by atoms with van der Waals surface area (Å²) in [6.45, 7) is 1.45. The molecule has 78 valence electrons. The lowest BCUT2D eigenvalue weighted by Crippen LogP contribution is -1.95. The molecule has 0 amide bonds. The molecule has 6 heteroatoms. The summed E-state index contributed by atoms with van der Waals surface area (Å²) in [6, 6.07) is 3.21. The van der Waals surface area contributed by atoms with Crippen LogP contribution in [0.15, 0.2) is 21.1 Å². The lowest BCUT2D eigenvalue weighted by Gasteiger charge is -1.84. The number of Topliss-reactive ketones (excluding diaryl/α,β-unsaturated/α-hetero) is 1. The molecule has 0 saturated carbocycles. The number of hydrogen-bond acceptors (Lipinski definition) is 5. The summed E-state index contributed by atoms with van der Waals surface area (Å²) in [6.07, 6.45) is 0.126. The molecule has 0 aliphatic heterocycles. The van der Waals surface area contributed by atoms with Crippen molar-refractivity contribution in [3.8, 4) is 11.6 Å². The first-order valence-corrected chi connectivity index (χ1v) is 4.60. The highest BCUT2D eigenvalue weighted by Gasteiger charge is 2.12. The van der Waals surface area contributed by atoms with E-state index in [0.29, 0.717) is 5.76 Å². The highest BCUT2D eigenvalue weighted by atomic mass is 35.5. The van der Waals surface area contributed by atoms with Gasteiger partial charge in [-0.15, -0.1) is 0 Å². The second-order valence-electron chi connectivity index (χ2n) is 2.99. The van der Waals surface area contributed by atoms with Crippen molar-refractivity contribution in [3.63, 3.8) is 0 Å². The molecule has 2 rings (SSSR count). The van der Waals surface area contributed by atoms with Crippen LogP contribution in [-0.2, 0) is 11.2 Å². The second-order valence-corrected chi connectivity index (χ2v) is 3.37. The number of aromatic nitrogens is 2. The van der Waals surface area contributed by atoms with Gasteiger partial charge in [-0.2, -0.15) is 4.98 Å². The number of carbonyl (C=O) groups is 1. The molecule has 5 nitrogen and oxygen atoms in total. The normalized spacial score (nSPS) is 10.5.